The van der Waals surface area contributed by atoms with Crippen molar-refractivity contribution in [2.24, 2.45) is 0 Å². The van der Waals surface area contributed by atoms with Gasteiger partial charge in [-0.2, -0.15) is 0 Å². The third-order valence-corrected chi connectivity index (χ3v) is 10.0. The largest absolute Gasteiger partial charge is 0.472 e. The van der Waals surface area contributed by atoms with E-state index in [1.165, 1.54) is 109 Å². The van der Waals surface area contributed by atoms with Crippen molar-refractivity contribution in [3.8, 4) is 0 Å². The summed E-state index contributed by atoms with van der Waals surface area (Å²) in [5, 5.41) is 18.3. The molecule has 0 fully saturated rings. The molecule has 10 nitrogen and oxygen atoms in total. The summed E-state index contributed by atoms with van der Waals surface area (Å²) in [6, 6.07) is 0. The molecule has 0 aliphatic carbocycles. The van der Waals surface area contributed by atoms with E-state index in [1.807, 2.05) is 0 Å². The highest BCUT2D eigenvalue weighted by Crippen LogP contribution is 2.43. The number of hydrogen-bond acceptors (Lipinski definition) is 9. The summed E-state index contributed by atoms with van der Waals surface area (Å²) in [6.45, 7) is 2.35. The number of rotatable bonds is 40. The number of ether oxygens (including phenoxy) is 2. The predicted octanol–water partition coefficient (Wildman–Crippen LogP) is 11.0. The Labute approximate surface area is 323 Å². The molecule has 0 aromatic rings. The third kappa shape index (κ3) is 38.5. The first kappa shape index (κ1) is 51.5. The van der Waals surface area contributed by atoms with E-state index in [2.05, 4.69) is 42.7 Å². The van der Waals surface area contributed by atoms with Gasteiger partial charge in [-0.05, 0) is 64.2 Å². The first-order valence-electron chi connectivity index (χ1n) is 21.3. The zero-order valence-corrected chi connectivity index (χ0v) is 34.6. The van der Waals surface area contributed by atoms with Crippen molar-refractivity contribution in [2.75, 3.05) is 26.4 Å². The first-order chi connectivity index (χ1) is 25.7. The lowest BCUT2D eigenvalue weighted by molar-refractivity contribution is -0.161. The van der Waals surface area contributed by atoms with Crippen LogP contribution in [0, 0.1) is 0 Å². The minimum Gasteiger partial charge on any atom is -0.462 e. The summed E-state index contributed by atoms with van der Waals surface area (Å²) >= 11 is 0. The van der Waals surface area contributed by atoms with E-state index in [1.54, 1.807) is 0 Å². The molecule has 0 spiro atoms. The lowest BCUT2D eigenvalue weighted by atomic mass is 10.1. The van der Waals surface area contributed by atoms with Crippen molar-refractivity contribution in [1.82, 2.24) is 0 Å². The highest BCUT2D eigenvalue weighted by molar-refractivity contribution is 7.47. The molecular weight excluding hydrogens is 695 g/mol. The number of carbonyl (C=O) groups excluding carboxylic acids is 2. The number of carbonyl (C=O) groups is 2. The van der Waals surface area contributed by atoms with Crippen LogP contribution in [0.2, 0.25) is 0 Å². The maximum atomic E-state index is 12.6. The molecule has 312 valence electrons. The van der Waals surface area contributed by atoms with E-state index in [0.29, 0.717) is 12.8 Å². The van der Waals surface area contributed by atoms with Gasteiger partial charge >= 0.3 is 19.8 Å². The smallest absolute Gasteiger partial charge is 0.462 e. The molecule has 0 amide bonds. The number of hydrogen-bond donors (Lipinski definition) is 3. The van der Waals surface area contributed by atoms with Gasteiger partial charge in [0.15, 0.2) is 6.10 Å². The van der Waals surface area contributed by atoms with Crippen LogP contribution < -0.4 is 0 Å². The van der Waals surface area contributed by atoms with Crippen molar-refractivity contribution < 1.29 is 47.8 Å². The monoisotopic (exact) mass is 775 g/mol. The second-order valence-electron chi connectivity index (χ2n) is 14.4. The Morgan fingerprint density at radius 2 is 0.925 bits per heavy atom. The number of aliphatic hydroxyl groups is 2. The van der Waals surface area contributed by atoms with Gasteiger partial charge in [0, 0.05) is 12.8 Å². The third-order valence-electron chi connectivity index (χ3n) is 9.08. The molecule has 1 unspecified atom stereocenters. The summed E-state index contributed by atoms with van der Waals surface area (Å²) < 4.78 is 32.7. The van der Waals surface area contributed by atoms with E-state index >= 15 is 0 Å². The summed E-state index contributed by atoms with van der Waals surface area (Å²) in [6.07, 6.45) is 37.1. The highest BCUT2D eigenvalue weighted by Gasteiger charge is 2.27. The Morgan fingerprint density at radius 1 is 0.547 bits per heavy atom. The summed E-state index contributed by atoms with van der Waals surface area (Å²) in [5.41, 5.74) is 0. The molecular formula is C42H79O10P. The van der Waals surface area contributed by atoms with E-state index in [-0.39, 0.29) is 19.4 Å². The van der Waals surface area contributed by atoms with Crippen molar-refractivity contribution in [3.63, 3.8) is 0 Å². The maximum absolute atomic E-state index is 12.6. The van der Waals surface area contributed by atoms with Crippen LogP contribution >= 0.6 is 7.82 Å². The lowest BCUT2D eigenvalue weighted by Gasteiger charge is -2.20. The van der Waals surface area contributed by atoms with Gasteiger partial charge in [-0.25, -0.2) is 4.57 Å². The molecule has 0 saturated heterocycles. The average molecular weight is 775 g/mol. The maximum Gasteiger partial charge on any atom is 0.472 e. The van der Waals surface area contributed by atoms with Gasteiger partial charge in [-0.15, -0.1) is 0 Å². The van der Waals surface area contributed by atoms with Crippen LogP contribution in [-0.2, 0) is 32.7 Å². The fourth-order valence-corrected chi connectivity index (χ4v) is 6.54. The number of unbranched alkanes of at least 4 members (excludes halogenated alkanes) is 22. The van der Waals surface area contributed by atoms with Crippen molar-refractivity contribution in [2.45, 2.75) is 206 Å². The number of allylic oxidation sites excluding steroid dienone is 4. The Bertz CT molecular complexity index is 941. The Morgan fingerprint density at radius 3 is 1.42 bits per heavy atom. The van der Waals surface area contributed by atoms with Crippen molar-refractivity contribution in [3.05, 3.63) is 24.3 Å². The van der Waals surface area contributed by atoms with Gasteiger partial charge in [0.25, 0.3) is 0 Å². The van der Waals surface area contributed by atoms with Crippen molar-refractivity contribution >= 4 is 19.8 Å². The quantitative estimate of drug-likeness (QED) is 0.0238. The molecule has 3 atom stereocenters. The van der Waals surface area contributed by atoms with Crippen LogP contribution in [0.15, 0.2) is 24.3 Å². The SMILES string of the molecule is CCCCCC/C=C/CCCCCCCCCC(=O)OC[C@H](COP(=O)(O)OC[C@@H](O)CO)OC(=O)CCCC/C=C/CCCCCCCCCCC. The molecule has 0 rings (SSSR count). The minimum atomic E-state index is -4.62. The highest BCUT2D eigenvalue weighted by atomic mass is 31.2. The molecule has 0 aliphatic rings. The lowest BCUT2D eigenvalue weighted by Crippen LogP contribution is -2.29. The van der Waals surface area contributed by atoms with Gasteiger partial charge in [0.2, 0.25) is 0 Å². The second-order valence-corrected chi connectivity index (χ2v) is 15.8. The van der Waals surface area contributed by atoms with E-state index in [9.17, 15) is 24.2 Å². The first-order valence-corrected chi connectivity index (χ1v) is 22.8. The second kappa shape index (κ2) is 38.7. The number of aliphatic hydroxyl groups excluding tert-OH is 2. The van der Waals surface area contributed by atoms with Crippen LogP contribution in [0.5, 0.6) is 0 Å². The average Bonchev–Trinajstić information content (AvgIpc) is 3.14. The van der Waals surface area contributed by atoms with Crippen molar-refractivity contribution in [1.29, 1.82) is 0 Å². The molecule has 0 radical (unpaired) electrons. The Balaban J connectivity index is 4.33. The molecule has 53 heavy (non-hydrogen) atoms. The molecule has 0 aromatic carbocycles. The summed E-state index contributed by atoms with van der Waals surface area (Å²) in [5.74, 6) is -0.952. The number of phosphoric ester groups is 1. The fourth-order valence-electron chi connectivity index (χ4n) is 5.75. The Kier molecular flexibility index (Phi) is 37.6. The summed E-state index contributed by atoms with van der Waals surface area (Å²) in [4.78, 5) is 34.9. The van der Waals surface area contributed by atoms with E-state index in [0.717, 1.165) is 44.9 Å². The molecule has 0 heterocycles. The van der Waals surface area contributed by atoms with Crippen LogP contribution in [0.25, 0.3) is 0 Å². The summed E-state index contributed by atoms with van der Waals surface area (Å²) in [7, 11) is -4.62. The topological polar surface area (TPSA) is 149 Å². The van der Waals surface area contributed by atoms with Gasteiger partial charge in [0.05, 0.1) is 19.8 Å². The molecule has 11 heteroatoms. The standard InChI is InChI=1S/C42H79O10P/c1-3-5-7-9-11-13-15-17-19-21-23-25-27-29-31-33-41(45)49-37-40(38-51-53(47,48)50-36-39(44)35-43)52-42(46)34-32-30-28-26-24-22-20-18-16-14-12-10-8-6-4-2/h13,15,24,26,39-40,43-44H,3-12,14,16-23,25,27-38H2,1-2H3,(H,47,48)/b15-13+,26-24+/t39-,40+/m0/s1. The zero-order valence-electron chi connectivity index (χ0n) is 33.7. The Hall–Kier alpha value is -1.55. The zero-order chi connectivity index (χ0) is 39.1. The molecule has 0 bridgehead atoms. The van der Waals surface area contributed by atoms with Crippen LogP contribution in [0.4, 0.5) is 0 Å². The minimum absolute atomic E-state index is 0.155. The normalized spacial score (nSPS) is 14.1. The molecule has 0 aromatic heterocycles. The number of phosphoric acid groups is 1. The fraction of sp³-hybridized carbons (Fsp3) is 0.857. The van der Waals surface area contributed by atoms with Crippen LogP contribution in [0.3, 0.4) is 0 Å². The van der Waals surface area contributed by atoms with E-state index in [4.69, 9.17) is 19.1 Å². The molecule has 3 N–H and O–H groups in total. The van der Waals surface area contributed by atoms with Gasteiger partial charge in [-0.1, -0.05) is 141 Å². The van der Waals surface area contributed by atoms with Gasteiger partial charge < -0.3 is 24.6 Å². The van der Waals surface area contributed by atoms with Gasteiger partial charge in [0.1, 0.15) is 12.7 Å². The van der Waals surface area contributed by atoms with Gasteiger partial charge in [-0.3, -0.25) is 18.6 Å². The number of esters is 2. The van der Waals surface area contributed by atoms with Crippen LogP contribution in [-0.4, -0.2) is 65.7 Å². The molecule has 0 saturated carbocycles. The predicted molar refractivity (Wildman–Crippen MR) is 215 cm³/mol. The van der Waals surface area contributed by atoms with E-state index < -0.39 is 51.8 Å². The molecule has 0 aliphatic heterocycles. The van der Waals surface area contributed by atoms with Crippen LogP contribution in [0.1, 0.15) is 194 Å².